The van der Waals surface area contributed by atoms with Gasteiger partial charge in [-0.05, 0) is 64.5 Å². The largest absolute Gasteiger partial charge is 0.447 e. The summed E-state index contributed by atoms with van der Waals surface area (Å²) in [6.45, 7) is 3.19. The van der Waals surface area contributed by atoms with Crippen LogP contribution in [0.5, 0.6) is 0 Å². The third-order valence-corrected chi connectivity index (χ3v) is 5.27. The van der Waals surface area contributed by atoms with Crippen molar-refractivity contribution < 1.29 is 12.8 Å². The van der Waals surface area contributed by atoms with Gasteiger partial charge in [0.15, 0.2) is 0 Å². The van der Waals surface area contributed by atoms with Gasteiger partial charge >= 0.3 is 0 Å². The molecule has 0 unspecified atom stereocenters. The molecule has 1 saturated heterocycles. The highest BCUT2D eigenvalue weighted by Gasteiger charge is 2.20. The topological polar surface area (TPSA) is 74.6 Å². The van der Waals surface area contributed by atoms with Crippen molar-refractivity contribution in [3.63, 3.8) is 0 Å². The molecule has 120 valence electrons. The van der Waals surface area contributed by atoms with Crippen LogP contribution >= 0.6 is 0 Å². The maximum atomic E-state index is 12.1. The van der Waals surface area contributed by atoms with E-state index in [0.29, 0.717) is 24.8 Å². The van der Waals surface area contributed by atoms with Crippen LogP contribution in [0.25, 0.3) is 0 Å². The number of piperidine rings is 1. The normalized spacial score (nSPS) is 18.2. The lowest BCUT2D eigenvalue weighted by Gasteiger charge is -2.28. The molecular weight excluding hydrogens is 290 g/mol. The molecule has 0 aliphatic carbocycles. The highest BCUT2D eigenvalue weighted by atomic mass is 32.2. The molecule has 0 bridgehead atoms. The molecule has 1 aliphatic heterocycles. The number of nitrogens with one attached hydrogen (secondary N) is 2. The molecule has 0 aromatic carbocycles. The average molecular weight is 315 g/mol. The molecule has 0 saturated carbocycles. The molecule has 1 aromatic heterocycles. The van der Waals surface area contributed by atoms with Gasteiger partial charge in [-0.2, -0.15) is 0 Å². The summed E-state index contributed by atoms with van der Waals surface area (Å²) < 4.78 is 32.2. The molecule has 7 heteroatoms. The summed E-state index contributed by atoms with van der Waals surface area (Å²) in [6, 6.07) is 3.19. The molecule has 2 rings (SSSR count). The molecular formula is C14H25N3O3S. The maximum Gasteiger partial charge on any atom is 0.273 e. The summed E-state index contributed by atoms with van der Waals surface area (Å²) in [7, 11) is 0.388. The van der Waals surface area contributed by atoms with E-state index in [4.69, 9.17) is 4.42 Å². The molecule has 0 radical (unpaired) electrons. The Morgan fingerprint density at radius 2 is 2.05 bits per heavy atom. The van der Waals surface area contributed by atoms with Crippen LogP contribution in [0.3, 0.4) is 0 Å². The third kappa shape index (κ3) is 4.81. The second-order valence-electron chi connectivity index (χ2n) is 5.68. The Bertz CT molecular complexity index is 533. The van der Waals surface area contributed by atoms with Crippen LogP contribution in [0.2, 0.25) is 0 Å². The van der Waals surface area contributed by atoms with Gasteiger partial charge in [0.25, 0.3) is 10.0 Å². The second kappa shape index (κ2) is 7.40. The molecule has 6 nitrogen and oxygen atoms in total. The van der Waals surface area contributed by atoms with Crippen LogP contribution in [-0.2, 0) is 16.6 Å². The molecule has 0 amide bonds. The molecule has 0 atom stereocenters. The van der Waals surface area contributed by atoms with Gasteiger partial charge in [0.05, 0.1) is 6.54 Å². The highest BCUT2D eigenvalue weighted by Crippen LogP contribution is 2.19. The van der Waals surface area contributed by atoms with Crippen molar-refractivity contribution in [2.24, 2.45) is 5.92 Å². The first-order chi connectivity index (χ1) is 10.0. The molecule has 21 heavy (non-hydrogen) atoms. The third-order valence-electron chi connectivity index (χ3n) is 3.94. The van der Waals surface area contributed by atoms with Crippen molar-refractivity contribution in [1.29, 1.82) is 0 Å². The minimum atomic E-state index is -3.52. The monoisotopic (exact) mass is 315 g/mol. The molecule has 2 heterocycles. The van der Waals surface area contributed by atoms with Gasteiger partial charge in [0.2, 0.25) is 5.09 Å². The predicted molar refractivity (Wildman–Crippen MR) is 81.5 cm³/mol. The fourth-order valence-corrected chi connectivity index (χ4v) is 3.58. The van der Waals surface area contributed by atoms with E-state index >= 15 is 0 Å². The van der Waals surface area contributed by atoms with Gasteiger partial charge in [-0.25, -0.2) is 13.1 Å². The summed E-state index contributed by atoms with van der Waals surface area (Å²) >= 11 is 0. The highest BCUT2D eigenvalue weighted by molar-refractivity contribution is 7.89. The van der Waals surface area contributed by atoms with E-state index in [-0.39, 0.29) is 5.09 Å². The number of sulfonamides is 1. The quantitative estimate of drug-likeness (QED) is 0.785. The first kappa shape index (κ1) is 16.5. The van der Waals surface area contributed by atoms with E-state index in [1.807, 2.05) is 0 Å². The fraction of sp³-hybridized carbons (Fsp3) is 0.714. The van der Waals surface area contributed by atoms with Crippen LogP contribution in [-0.4, -0.2) is 47.0 Å². The first-order valence-electron chi connectivity index (χ1n) is 7.43. The Balaban J connectivity index is 1.80. The molecule has 0 spiro atoms. The van der Waals surface area contributed by atoms with Crippen molar-refractivity contribution in [3.05, 3.63) is 17.9 Å². The Labute approximate surface area is 126 Å². The van der Waals surface area contributed by atoms with Crippen molar-refractivity contribution in [3.8, 4) is 0 Å². The lowest BCUT2D eigenvalue weighted by atomic mass is 9.94. The summed E-state index contributed by atoms with van der Waals surface area (Å²) in [6.07, 6.45) is 3.17. The lowest BCUT2D eigenvalue weighted by molar-refractivity contribution is 0.213. The number of rotatable bonds is 7. The van der Waals surface area contributed by atoms with Crippen LogP contribution in [0.4, 0.5) is 0 Å². The van der Waals surface area contributed by atoms with Crippen LogP contribution in [0.15, 0.2) is 21.6 Å². The van der Waals surface area contributed by atoms with Crippen molar-refractivity contribution >= 4 is 10.0 Å². The van der Waals surface area contributed by atoms with Crippen LogP contribution < -0.4 is 10.0 Å². The second-order valence-corrected chi connectivity index (χ2v) is 7.38. The van der Waals surface area contributed by atoms with Gasteiger partial charge in [0.1, 0.15) is 5.76 Å². The minimum absolute atomic E-state index is 0.00359. The smallest absolute Gasteiger partial charge is 0.273 e. The Morgan fingerprint density at radius 1 is 1.33 bits per heavy atom. The zero-order chi connectivity index (χ0) is 15.3. The lowest BCUT2D eigenvalue weighted by Crippen LogP contribution is -2.32. The first-order valence-corrected chi connectivity index (χ1v) is 8.91. The number of nitrogens with zero attached hydrogens (tertiary/aromatic N) is 1. The zero-order valence-electron chi connectivity index (χ0n) is 12.8. The number of hydrogen-bond acceptors (Lipinski definition) is 5. The van der Waals surface area contributed by atoms with E-state index in [1.165, 1.54) is 6.07 Å². The van der Waals surface area contributed by atoms with Gasteiger partial charge in [-0.1, -0.05) is 0 Å². The summed E-state index contributed by atoms with van der Waals surface area (Å²) in [5, 5.41) is 2.92. The van der Waals surface area contributed by atoms with Gasteiger partial charge < -0.3 is 14.6 Å². The molecule has 2 N–H and O–H groups in total. The van der Waals surface area contributed by atoms with Gasteiger partial charge in [-0.15, -0.1) is 0 Å². The Kier molecular flexibility index (Phi) is 5.80. The van der Waals surface area contributed by atoms with Gasteiger partial charge in [0, 0.05) is 6.54 Å². The molecule has 1 aliphatic rings. The standard InChI is InChI=1S/C14H25N3O3S/c1-15-11-13-3-4-14(20-13)21(18,19)16-8-5-12-6-9-17(2)10-7-12/h3-4,12,15-16H,5-11H2,1-2H3. The van der Waals surface area contributed by atoms with E-state index in [0.717, 1.165) is 32.4 Å². The number of furan rings is 1. The van der Waals surface area contributed by atoms with E-state index in [9.17, 15) is 8.42 Å². The van der Waals surface area contributed by atoms with E-state index < -0.39 is 10.0 Å². The van der Waals surface area contributed by atoms with Crippen LogP contribution in [0.1, 0.15) is 25.0 Å². The maximum absolute atomic E-state index is 12.1. The van der Waals surface area contributed by atoms with Crippen LogP contribution in [0, 0.1) is 5.92 Å². The minimum Gasteiger partial charge on any atom is -0.447 e. The predicted octanol–water partition coefficient (Wildman–Crippen LogP) is 1.01. The fourth-order valence-electron chi connectivity index (χ4n) is 2.59. The number of likely N-dealkylation sites (tertiary alicyclic amines) is 1. The summed E-state index contributed by atoms with van der Waals surface area (Å²) in [4.78, 5) is 2.31. The van der Waals surface area contributed by atoms with Crippen molar-refractivity contribution in [2.75, 3.05) is 33.7 Å². The SMILES string of the molecule is CNCc1ccc(S(=O)(=O)NCCC2CCN(C)CC2)o1. The summed E-state index contributed by atoms with van der Waals surface area (Å²) in [5.74, 6) is 1.23. The Hall–Kier alpha value is -0.890. The zero-order valence-corrected chi connectivity index (χ0v) is 13.6. The van der Waals surface area contributed by atoms with E-state index in [2.05, 4.69) is 22.0 Å². The Morgan fingerprint density at radius 3 is 2.71 bits per heavy atom. The summed E-state index contributed by atoms with van der Waals surface area (Å²) in [5.41, 5.74) is 0. The average Bonchev–Trinajstić information content (AvgIpc) is 2.91. The van der Waals surface area contributed by atoms with Gasteiger partial charge in [-0.3, -0.25) is 0 Å². The molecule has 1 aromatic rings. The number of hydrogen-bond donors (Lipinski definition) is 2. The van der Waals surface area contributed by atoms with Crippen molar-refractivity contribution in [1.82, 2.24) is 14.9 Å². The van der Waals surface area contributed by atoms with E-state index in [1.54, 1.807) is 13.1 Å². The molecule has 1 fully saturated rings. The van der Waals surface area contributed by atoms with Crippen molar-refractivity contribution in [2.45, 2.75) is 30.9 Å².